The number of phenols is 1. The van der Waals surface area contributed by atoms with E-state index < -0.39 is 4.84 Å². The molecule has 0 fully saturated rings. The van der Waals surface area contributed by atoms with Crippen molar-refractivity contribution < 1.29 is 14.6 Å². The van der Waals surface area contributed by atoms with Gasteiger partial charge in [-0.25, -0.2) is 0 Å². The maximum Gasteiger partial charge on any atom is 0.256 e. The molecule has 1 rings (SSSR count). The van der Waals surface area contributed by atoms with E-state index in [0.717, 1.165) is 5.56 Å². The van der Waals surface area contributed by atoms with Crippen LogP contribution in [0, 0.1) is 0 Å². The van der Waals surface area contributed by atoms with Crippen LogP contribution in [0.25, 0.3) is 0 Å². The van der Waals surface area contributed by atoms with Crippen molar-refractivity contribution in [2.75, 3.05) is 6.61 Å². The predicted octanol–water partition coefficient (Wildman–Crippen LogP) is 3.33. The van der Waals surface area contributed by atoms with Gasteiger partial charge in [-0.15, -0.1) is 0 Å². The molecule has 0 aliphatic rings. The Kier molecular flexibility index (Phi) is 6.43. The number of ether oxygens (including phenoxy) is 1. The van der Waals surface area contributed by atoms with E-state index in [1.165, 1.54) is 0 Å². The summed E-state index contributed by atoms with van der Waals surface area (Å²) in [5.74, 6) is 0.134. The van der Waals surface area contributed by atoms with Gasteiger partial charge in [-0.1, -0.05) is 29.3 Å². The van der Waals surface area contributed by atoms with Crippen LogP contribution < -0.4 is 4.74 Å². The molecule has 0 saturated carbocycles. The van der Waals surface area contributed by atoms with E-state index in [0.29, 0.717) is 18.9 Å². The van der Waals surface area contributed by atoms with Gasteiger partial charge >= 0.3 is 0 Å². The fraction of sp³-hybridized carbons (Fsp3) is 0.500. The predicted molar refractivity (Wildman–Crippen MR) is 80.5 cm³/mol. The van der Waals surface area contributed by atoms with E-state index >= 15 is 0 Å². The average Bonchev–Trinajstić information content (AvgIpc) is 2.38. The Balaban J connectivity index is 2.94. The van der Waals surface area contributed by atoms with Crippen LogP contribution in [0.3, 0.4) is 0 Å². The van der Waals surface area contributed by atoms with E-state index in [4.69, 9.17) is 27.9 Å². The van der Waals surface area contributed by atoms with Crippen molar-refractivity contribution in [3.8, 4) is 11.5 Å². The standard InChI is InChI=1S/C14H19Cl2NO3/c1-4-20-12-7-10(5-6-11(12)18)8-17(9(2)3)14(19)13(15)16/h5-7,9,13,18H,4,8H2,1-3H3. The average molecular weight is 320 g/mol. The Morgan fingerprint density at radius 3 is 2.55 bits per heavy atom. The topological polar surface area (TPSA) is 49.8 Å². The summed E-state index contributed by atoms with van der Waals surface area (Å²) in [6, 6.07) is 4.95. The second-order valence-electron chi connectivity index (χ2n) is 4.60. The first-order valence-corrected chi connectivity index (χ1v) is 7.27. The van der Waals surface area contributed by atoms with Gasteiger partial charge in [0.05, 0.1) is 6.61 Å². The number of phenolic OH excluding ortho intramolecular Hbond substituents is 1. The minimum absolute atomic E-state index is 0.0353. The zero-order valence-corrected chi connectivity index (χ0v) is 13.3. The third-order valence-electron chi connectivity index (χ3n) is 2.77. The van der Waals surface area contributed by atoms with Crippen molar-refractivity contribution >= 4 is 29.1 Å². The summed E-state index contributed by atoms with van der Waals surface area (Å²) in [5.41, 5.74) is 0.835. The number of nitrogens with zero attached hydrogens (tertiary/aromatic N) is 1. The summed E-state index contributed by atoms with van der Waals surface area (Å²) in [7, 11) is 0. The van der Waals surface area contributed by atoms with Gasteiger partial charge in [-0.2, -0.15) is 0 Å². The molecule has 1 aromatic rings. The van der Waals surface area contributed by atoms with E-state index in [1.54, 1.807) is 23.1 Å². The molecule has 4 nitrogen and oxygen atoms in total. The molecule has 0 heterocycles. The summed E-state index contributed by atoms with van der Waals surface area (Å²) in [6.45, 7) is 6.42. The molecule has 1 N–H and O–H groups in total. The van der Waals surface area contributed by atoms with Crippen LogP contribution in [0.5, 0.6) is 11.5 Å². The summed E-state index contributed by atoms with van der Waals surface area (Å²) in [5, 5.41) is 9.66. The van der Waals surface area contributed by atoms with Gasteiger partial charge in [0.1, 0.15) is 0 Å². The molecule has 20 heavy (non-hydrogen) atoms. The number of carbonyl (C=O) groups is 1. The molecule has 0 aliphatic heterocycles. The summed E-state index contributed by atoms with van der Waals surface area (Å²) >= 11 is 11.3. The van der Waals surface area contributed by atoms with Crippen LogP contribution in [0.15, 0.2) is 18.2 Å². The Morgan fingerprint density at radius 1 is 1.40 bits per heavy atom. The lowest BCUT2D eigenvalue weighted by molar-refractivity contribution is -0.131. The molecule has 0 bridgehead atoms. The normalized spacial score (nSPS) is 10.9. The van der Waals surface area contributed by atoms with Crippen molar-refractivity contribution in [3.63, 3.8) is 0 Å². The van der Waals surface area contributed by atoms with Gasteiger partial charge in [-0.05, 0) is 38.5 Å². The van der Waals surface area contributed by atoms with E-state index in [1.807, 2.05) is 20.8 Å². The van der Waals surface area contributed by atoms with E-state index in [2.05, 4.69) is 0 Å². The second-order valence-corrected chi connectivity index (χ2v) is 5.69. The first-order chi connectivity index (χ1) is 9.36. The highest BCUT2D eigenvalue weighted by atomic mass is 35.5. The Morgan fingerprint density at radius 2 is 2.05 bits per heavy atom. The Labute approximate surface area is 129 Å². The number of carbonyl (C=O) groups excluding carboxylic acids is 1. The quantitative estimate of drug-likeness (QED) is 0.818. The highest BCUT2D eigenvalue weighted by Gasteiger charge is 2.23. The van der Waals surface area contributed by atoms with E-state index in [-0.39, 0.29) is 17.7 Å². The second kappa shape index (κ2) is 7.60. The molecule has 0 aliphatic carbocycles. The third kappa shape index (κ3) is 4.46. The molecular formula is C14H19Cl2NO3. The molecular weight excluding hydrogens is 301 g/mol. The van der Waals surface area contributed by atoms with Gasteiger partial charge in [0.15, 0.2) is 16.3 Å². The van der Waals surface area contributed by atoms with Crippen LogP contribution in [-0.4, -0.2) is 33.4 Å². The third-order valence-corrected chi connectivity index (χ3v) is 3.14. The highest BCUT2D eigenvalue weighted by molar-refractivity contribution is 6.53. The lowest BCUT2D eigenvalue weighted by atomic mass is 10.1. The lowest BCUT2D eigenvalue weighted by Gasteiger charge is -2.27. The monoisotopic (exact) mass is 319 g/mol. The highest BCUT2D eigenvalue weighted by Crippen LogP contribution is 2.28. The minimum Gasteiger partial charge on any atom is -0.504 e. The van der Waals surface area contributed by atoms with Crippen LogP contribution in [0.4, 0.5) is 0 Å². The molecule has 0 aromatic heterocycles. The van der Waals surface area contributed by atoms with Gasteiger partial charge in [0, 0.05) is 12.6 Å². The van der Waals surface area contributed by atoms with Crippen molar-refractivity contribution in [2.45, 2.75) is 38.2 Å². The maximum atomic E-state index is 11.9. The number of alkyl halides is 2. The van der Waals surface area contributed by atoms with Crippen LogP contribution >= 0.6 is 23.2 Å². The molecule has 0 unspecified atom stereocenters. The maximum absolute atomic E-state index is 11.9. The first kappa shape index (κ1) is 16.9. The van der Waals surface area contributed by atoms with Gasteiger partial charge in [0.2, 0.25) is 0 Å². The fourth-order valence-corrected chi connectivity index (χ4v) is 2.02. The first-order valence-electron chi connectivity index (χ1n) is 6.40. The van der Waals surface area contributed by atoms with E-state index in [9.17, 15) is 9.90 Å². The fourth-order valence-electron chi connectivity index (χ4n) is 1.77. The molecule has 1 amide bonds. The summed E-state index contributed by atoms with van der Waals surface area (Å²) in [4.78, 5) is 12.4. The number of amides is 1. The number of aromatic hydroxyl groups is 1. The molecule has 0 saturated heterocycles. The van der Waals surface area contributed by atoms with Crippen LogP contribution in [0.2, 0.25) is 0 Å². The molecule has 1 aromatic carbocycles. The van der Waals surface area contributed by atoms with Gasteiger partial charge in [-0.3, -0.25) is 4.79 Å². The molecule has 0 atom stereocenters. The number of hydrogen-bond acceptors (Lipinski definition) is 3. The molecule has 0 spiro atoms. The Bertz CT molecular complexity index is 464. The van der Waals surface area contributed by atoms with Crippen LogP contribution in [0.1, 0.15) is 26.3 Å². The number of benzene rings is 1. The minimum atomic E-state index is -1.08. The van der Waals surface area contributed by atoms with Crippen molar-refractivity contribution in [3.05, 3.63) is 23.8 Å². The summed E-state index contributed by atoms with van der Waals surface area (Å²) in [6.07, 6.45) is 0. The van der Waals surface area contributed by atoms with Gasteiger partial charge in [0.25, 0.3) is 5.91 Å². The van der Waals surface area contributed by atoms with Crippen molar-refractivity contribution in [2.24, 2.45) is 0 Å². The van der Waals surface area contributed by atoms with Crippen molar-refractivity contribution in [1.82, 2.24) is 4.90 Å². The smallest absolute Gasteiger partial charge is 0.256 e. The summed E-state index contributed by atoms with van der Waals surface area (Å²) < 4.78 is 5.32. The number of rotatable bonds is 6. The van der Waals surface area contributed by atoms with Crippen molar-refractivity contribution in [1.29, 1.82) is 0 Å². The molecule has 0 radical (unpaired) electrons. The molecule has 112 valence electrons. The number of hydrogen-bond donors (Lipinski definition) is 1. The Hall–Kier alpha value is -1.13. The molecule has 6 heteroatoms. The SMILES string of the molecule is CCOc1cc(CN(C(=O)C(Cl)Cl)C(C)C)ccc1O. The van der Waals surface area contributed by atoms with Gasteiger partial charge < -0.3 is 14.7 Å². The largest absolute Gasteiger partial charge is 0.504 e. The zero-order chi connectivity index (χ0) is 15.3. The lowest BCUT2D eigenvalue weighted by Crippen LogP contribution is -2.39. The van der Waals surface area contributed by atoms with Crippen LogP contribution in [-0.2, 0) is 11.3 Å². The zero-order valence-electron chi connectivity index (χ0n) is 11.8. The number of halogens is 2.